The molecular weight excluding hydrogens is 280 g/mol. The normalized spacial score (nSPS) is 11.2. The molecular formula is C12H14N4O3S. The lowest BCUT2D eigenvalue weighted by molar-refractivity contribution is 0.0949. The monoisotopic (exact) mass is 294 g/mol. The van der Waals surface area contributed by atoms with Gasteiger partial charge in [-0.15, -0.1) is 0 Å². The molecule has 106 valence electrons. The number of H-pyrrole nitrogens is 1. The number of carbonyl (C=O) groups is 1. The highest BCUT2D eigenvalue weighted by molar-refractivity contribution is 7.89. The zero-order valence-electron chi connectivity index (χ0n) is 10.5. The van der Waals surface area contributed by atoms with Crippen molar-refractivity contribution in [3.05, 3.63) is 48.0 Å². The van der Waals surface area contributed by atoms with E-state index in [9.17, 15) is 13.2 Å². The van der Waals surface area contributed by atoms with Gasteiger partial charge in [0.15, 0.2) is 0 Å². The molecule has 7 nitrogen and oxygen atoms in total. The maximum Gasteiger partial charge on any atom is 0.269 e. The van der Waals surface area contributed by atoms with Crippen molar-refractivity contribution >= 4 is 15.9 Å². The summed E-state index contributed by atoms with van der Waals surface area (Å²) in [6.45, 7) is 0.437. The van der Waals surface area contributed by atoms with Gasteiger partial charge in [-0.05, 0) is 24.1 Å². The minimum atomic E-state index is -3.66. The number of nitrogens with zero attached hydrogens (tertiary/aromatic N) is 1. The van der Waals surface area contributed by atoms with Gasteiger partial charge in [-0.25, -0.2) is 18.5 Å². The Labute approximate surface area is 116 Å². The van der Waals surface area contributed by atoms with E-state index >= 15 is 0 Å². The van der Waals surface area contributed by atoms with Crippen LogP contribution in [0.2, 0.25) is 0 Å². The smallest absolute Gasteiger partial charge is 0.269 e. The Morgan fingerprint density at radius 2 is 2.00 bits per heavy atom. The van der Waals surface area contributed by atoms with Crippen molar-refractivity contribution in [3.8, 4) is 0 Å². The van der Waals surface area contributed by atoms with Crippen LogP contribution in [0.3, 0.4) is 0 Å². The zero-order chi connectivity index (χ0) is 14.6. The number of nitrogens with two attached hydrogens (primary N) is 1. The SMILES string of the molecule is NS(=O)(=O)c1ccc(CCNC(=O)c2cnc[nH]2)cc1. The van der Waals surface area contributed by atoms with Gasteiger partial charge in [0.1, 0.15) is 5.69 Å². The molecule has 0 atom stereocenters. The molecule has 1 aromatic carbocycles. The van der Waals surface area contributed by atoms with Gasteiger partial charge in [0.25, 0.3) is 5.91 Å². The first-order chi connectivity index (χ1) is 9.47. The Kier molecular flexibility index (Phi) is 4.16. The van der Waals surface area contributed by atoms with Crippen molar-refractivity contribution in [2.75, 3.05) is 6.54 Å². The van der Waals surface area contributed by atoms with E-state index in [4.69, 9.17) is 5.14 Å². The maximum absolute atomic E-state index is 11.6. The molecule has 0 aliphatic carbocycles. The first-order valence-corrected chi connectivity index (χ1v) is 7.40. The van der Waals surface area contributed by atoms with Gasteiger partial charge in [0.2, 0.25) is 10.0 Å². The fourth-order valence-corrected chi connectivity index (χ4v) is 2.16. The van der Waals surface area contributed by atoms with Crippen LogP contribution in [0.1, 0.15) is 16.1 Å². The van der Waals surface area contributed by atoms with Gasteiger partial charge in [-0.2, -0.15) is 0 Å². The summed E-state index contributed by atoms with van der Waals surface area (Å²) in [5, 5.41) is 7.73. The number of primary sulfonamides is 1. The fourth-order valence-electron chi connectivity index (χ4n) is 1.64. The third-order valence-electron chi connectivity index (χ3n) is 2.69. The summed E-state index contributed by atoms with van der Waals surface area (Å²) in [6.07, 6.45) is 3.46. The molecule has 1 heterocycles. The number of imidazole rings is 1. The summed E-state index contributed by atoms with van der Waals surface area (Å²) in [5.41, 5.74) is 1.30. The van der Waals surface area contributed by atoms with Crippen molar-refractivity contribution in [1.82, 2.24) is 15.3 Å². The average molecular weight is 294 g/mol. The molecule has 2 rings (SSSR count). The van der Waals surface area contributed by atoms with Gasteiger partial charge >= 0.3 is 0 Å². The Morgan fingerprint density at radius 1 is 1.30 bits per heavy atom. The molecule has 0 saturated carbocycles. The van der Waals surface area contributed by atoms with Crippen molar-refractivity contribution in [1.29, 1.82) is 0 Å². The average Bonchev–Trinajstić information content (AvgIpc) is 2.92. The van der Waals surface area contributed by atoms with Gasteiger partial charge in [0, 0.05) is 6.54 Å². The Hall–Kier alpha value is -2.19. The first kappa shape index (κ1) is 14.2. The van der Waals surface area contributed by atoms with Crippen molar-refractivity contribution in [2.24, 2.45) is 5.14 Å². The van der Waals surface area contributed by atoms with Crippen LogP contribution in [0.25, 0.3) is 0 Å². The molecule has 8 heteroatoms. The first-order valence-electron chi connectivity index (χ1n) is 5.85. The van der Waals surface area contributed by atoms with E-state index in [0.29, 0.717) is 18.7 Å². The number of benzene rings is 1. The molecule has 0 bridgehead atoms. The van der Waals surface area contributed by atoms with Crippen LogP contribution in [0, 0.1) is 0 Å². The Morgan fingerprint density at radius 3 is 2.55 bits per heavy atom. The molecule has 0 fully saturated rings. The summed E-state index contributed by atoms with van der Waals surface area (Å²) in [4.78, 5) is 18.1. The summed E-state index contributed by atoms with van der Waals surface area (Å²) < 4.78 is 22.2. The van der Waals surface area contributed by atoms with Crippen LogP contribution in [-0.2, 0) is 16.4 Å². The van der Waals surface area contributed by atoms with Crippen LogP contribution in [-0.4, -0.2) is 30.8 Å². The number of sulfonamides is 1. The molecule has 0 aliphatic heterocycles. The Balaban J connectivity index is 1.87. The highest BCUT2D eigenvalue weighted by Gasteiger charge is 2.08. The molecule has 0 aliphatic rings. The number of nitrogens with one attached hydrogen (secondary N) is 2. The fraction of sp³-hybridized carbons (Fsp3) is 0.167. The molecule has 1 amide bonds. The van der Waals surface area contributed by atoms with Gasteiger partial charge < -0.3 is 10.3 Å². The summed E-state index contributed by atoms with van der Waals surface area (Å²) in [6, 6.07) is 6.23. The molecule has 0 saturated heterocycles. The number of rotatable bonds is 5. The second kappa shape index (κ2) is 5.85. The number of hydrogen-bond donors (Lipinski definition) is 3. The summed E-state index contributed by atoms with van der Waals surface area (Å²) >= 11 is 0. The third kappa shape index (κ3) is 3.65. The molecule has 0 radical (unpaired) electrons. The van der Waals surface area contributed by atoms with Gasteiger partial charge in [-0.1, -0.05) is 12.1 Å². The molecule has 0 unspecified atom stereocenters. The molecule has 2 aromatic rings. The summed E-state index contributed by atoms with van der Waals surface area (Å²) in [7, 11) is -3.66. The minimum Gasteiger partial charge on any atom is -0.350 e. The number of hydrogen-bond acceptors (Lipinski definition) is 4. The van der Waals surface area contributed by atoms with Crippen LogP contribution < -0.4 is 10.5 Å². The van der Waals surface area contributed by atoms with E-state index in [1.54, 1.807) is 12.1 Å². The standard InChI is InChI=1S/C12H14N4O3S/c13-20(18,19)10-3-1-9(2-4-10)5-6-15-12(17)11-7-14-8-16-11/h1-4,7-8H,5-6H2,(H,14,16)(H,15,17)(H2,13,18,19). The second-order valence-corrected chi connectivity index (χ2v) is 5.72. The van der Waals surface area contributed by atoms with Crippen LogP contribution in [0.15, 0.2) is 41.7 Å². The van der Waals surface area contributed by atoms with Crippen molar-refractivity contribution in [2.45, 2.75) is 11.3 Å². The lowest BCUT2D eigenvalue weighted by Gasteiger charge is -2.05. The molecule has 0 spiro atoms. The largest absolute Gasteiger partial charge is 0.350 e. The predicted molar refractivity (Wildman–Crippen MR) is 72.4 cm³/mol. The number of carbonyl (C=O) groups excluding carboxylic acids is 1. The van der Waals surface area contributed by atoms with Gasteiger partial charge in [0.05, 0.1) is 17.4 Å². The van der Waals surface area contributed by atoms with Crippen LogP contribution in [0.4, 0.5) is 0 Å². The zero-order valence-corrected chi connectivity index (χ0v) is 11.4. The minimum absolute atomic E-state index is 0.0720. The van der Waals surface area contributed by atoms with Crippen molar-refractivity contribution in [3.63, 3.8) is 0 Å². The number of aromatic nitrogens is 2. The van der Waals surface area contributed by atoms with Crippen molar-refractivity contribution < 1.29 is 13.2 Å². The van der Waals surface area contributed by atoms with E-state index in [1.807, 2.05) is 0 Å². The second-order valence-electron chi connectivity index (χ2n) is 4.16. The molecule has 1 aromatic heterocycles. The molecule has 20 heavy (non-hydrogen) atoms. The van der Waals surface area contributed by atoms with Crippen LogP contribution in [0.5, 0.6) is 0 Å². The van der Waals surface area contributed by atoms with E-state index in [0.717, 1.165) is 5.56 Å². The quantitative estimate of drug-likeness (QED) is 0.721. The van der Waals surface area contributed by atoms with Crippen LogP contribution >= 0.6 is 0 Å². The van der Waals surface area contributed by atoms with E-state index < -0.39 is 10.0 Å². The number of amides is 1. The molecule has 4 N–H and O–H groups in total. The maximum atomic E-state index is 11.6. The van der Waals surface area contributed by atoms with E-state index in [-0.39, 0.29) is 10.8 Å². The van der Waals surface area contributed by atoms with Gasteiger partial charge in [-0.3, -0.25) is 4.79 Å². The topological polar surface area (TPSA) is 118 Å². The lowest BCUT2D eigenvalue weighted by atomic mass is 10.1. The summed E-state index contributed by atoms with van der Waals surface area (Å²) in [5.74, 6) is -0.233. The number of aromatic amines is 1. The lowest BCUT2D eigenvalue weighted by Crippen LogP contribution is -2.25. The highest BCUT2D eigenvalue weighted by atomic mass is 32.2. The Bertz CT molecular complexity index is 678. The van der Waals surface area contributed by atoms with E-state index in [1.165, 1.54) is 24.7 Å². The van der Waals surface area contributed by atoms with E-state index in [2.05, 4.69) is 15.3 Å². The predicted octanol–water partition coefficient (Wildman–Crippen LogP) is 0.0296. The third-order valence-corrected chi connectivity index (χ3v) is 3.62. The highest BCUT2D eigenvalue weighted by Crippen LogP contribution is 2.08.